The first-order valence-electron chi connectivity index (χ1n) is 32.8. The first-order valence-corrected chi connectivity index (χ1v) is 38.0. The summed E-state index contributed by atoms with van der Waals surface area (Å²) in [4.78, 5) is 10.7. The van der Waals surface area contributed by atoms with Crippen LogP contribution in [0, 0.1) is 0 Å². The average molecular weight is 1300 g/mol. The molecule has 0 spiro atoms. The Bertz CT molecular complexity index is 3800. The number of ether oxygens (including phenoxy) is 4. The van der Waals surface area contributed by atoms with E-state index in [4.69, 9.17) is 18.9 Å². The van der Waals surface area contributed by atoms with Gasteiger partial charge in [-0.15, -0.1) is 79.5 Å². The van der Waals surface area contributed by atoms with E-state index in [1.165, 1.54) is 138 Å². The molecule has 2 aliphatic rings. The van der Waals surface area contributed by atoms with Gasteiger partial charge in [0.25, 0.3) is 0 Å². The highest BCUT2D eigenvalue weighted by Crippen LogP contribution is 2.47. The topological polar surface area (TPSA) is 36.9 Å². The van der Waals surface area contributed by atoms with Gasteiger partial charge in [0.2, 0.25) is 0 Å². The molecule has 12 rings (SSSR count). The van der Waals surface area contributed by atoms with E-state index < -0.39 is 0 Å². The summed E-state index contributed by atoms with van der Waals surface area (Å²) in [5, 5.41) is 13.3. The van der Waals surface area contributed by atoms with Crippen molar-refractivity contribution < 1.29 is 18.9 Å². The van der Waals surface area contributed by atoms with Crippen molar-refractivity contribution in [2.24, 2.45) is 0 Å². The third kappa shape index (κ3) is 17.6. The second-order valence-corrected chi connectivity index (χ2v) is 29.6. The van der Waals surface area contributed by atoms with Crippen molar-refractivity contribution in [3.63, 3.8) is 0 Å². The van der Waals surface area contributed by atoms with E-state index in [1.54, 1.807) is 22.7 Å². The van der Waals surface area contributed by atoms with Crippen LogP contribution in [0.4, 0.5) is 0 Å². The van der Waals surface area contributed by atoms with Gasteiger partial charge >= 0.3 is 0 Å². The molecular formula is C80H82O4S6. The van der Waals surface area contributed by atoms with Gasteiger partial charge in [0.05, 0.1) is 39.6 Å². The smallest absolute Gasteiger partial charge is 0.127 e. The standard InChI is InChI=1S/C80H82O4S6/c1(5-9-13-25-59-27-15-16-28-59)3-7-11-19-45-83-69-41-37-63-53-61(57-81-47-43-65-55-75(71-31-21-49-85-71)89-79(65)73-33-23-51-87-73)35-39-67(63)77(69)78-68-40-36-62(58-82-48-44-66-56-76(72-32-22-50-86-72)90-80(66)74-34-24-52-88-74)54-64(68)38-42-70(78)84-46-20-12-8-4-2-6-10-14-26-60-29-17-18-30-60/h15-18,21-24,27,29,31-42,49-56H,1-14,19-20,25-26,43-48,57-58H2. The summed E-state index contributed by atoms with van der Waals surface area (Å²) in [6, 6.07) is 45.0. The van der Waals surface area contributed by atoms with Crippen molar-refractivity contribution in [1.29, 1.82) is 0 Å². The number of unbranched alkanes of at least 4 members (excludes halogenated alkanes) is 14. The fourth-order valence-corrected chi connectivity index (χ4v) is 18.2. The number of hydrogen-bond donors (Lipinski definition) is 0. The molecule has 0 fully saturated rings. The minimum Gasteiger partial charge on any atom is -0.493 e. The molecule has 4 aromatic carbocycles. The Balaban J connectivity index is 0.760. The van der Waals surface area contributed by atoms with E-state index in [0.717, 1.165) is 107 Å². The van der Waals surface area contributed by atoms with Crippen molar-refractivity contribution in [2.75, 3.05) is 26.4 Å². The number of rotatable bonds is 39. The molecule has 0 atom stereocenters. The minimum absolute atomic E-state index is 0.536. The molecule has 0 unspecified atom stereocenters. The van der Waals surface area contributed by atoms with Crippen LogP contribution >= 0.6 is 68.0 Å². The lowest BCUT2D eigenvalue weighted by Gasteiger charge is -2.20. The fraction of sp³-hybridized carbons (Fsp3) is 0.325. The largest absolute Gasteiger partial charge is 0.493 e. The second kappa shape index (κ2) is 33.8. The molecule has 10 aromatic rings. The number of benzene rings is 4. The van der Waals surface area contributed by atoms with E-state index in [2.05, 4.69) is 179 Å². The molecule has 0 saturated carbocycles. The van der Waals surface area contributed by atoms with Crippen LogP contribution in [-0.4, -0.2) is 26.4 Å². The summed E-state index contributed by atoms with van der Waals surface area (Å²) in [6.07, 6.45) is 36.3. The van der Waals surface area contributed by atoms with Gasteiger partial charge in [-0.05, 0) is 201 Å². The van der Waals surface area contributed by atoms with Gasteiger partial charge in [0, 0.05) is 50.1 Å². The molecule has 0 aliphatic heterocycles. The summed E-state index contributed by atoms with van der Waals surface area (Å²) in [6.45, 7) is 3.69. The third-order valence-electron chi connectivity index (χ3n) is 17.1. The van der Waals surface area contributed by atoms with Crippen molar-refractivity contribution in [3.05, 3.63) is 224 Å². The predicted octanol–water partition coefficient (Wildman–Crippen LogP) is 25.3. The molecule has 0 radical (unpaired) electrons. The van der Waals surface area contributed by atoms with Crippen LogP contribution in [0.3, 0.4) is 0 Å². The summed E-state index contributed by atoms with van der Waals surface area (Å²) < 4.78 is 27.2. The summed E-state index contributed by atoms with van der Waals surface area (Å²) in [7, 11) is 0. The van der Waals surface area contributed by atoms with E-state index in [1.807, 2.05) is 57.5 Å². The van der Waals surface area contributed by atoms with E-state index in [9.17, 15) is 0 Å². The van der Waals surface area contributed by atoms with E-state index in [0.29, 0.717) is 39.6 Å². The van der Waals surface area contributed by atoms with Gasteiger partial charge in [0.1, 0.15) is 11.5 Å². The molecule has 0 N–H and O–H groups in total. The van der Waals surface area contributed by atoms with Gasteiger partial charge in [-0.25, -0.2) is 0 Å². The second-order valence-electron chi connectivity index (χ2n) is 23.7. The first kappa shape index (κ1) is 63.8. The molecule has 4 nitrogen and oxygen atoms in total. The lowest BCUT2D eigenvalue weighted by atomic mass is 9.91. The van der Waals surface area contributed by atoms with E-state index in [-0.39, 0.29) is 0 Å². The van der Waals surface area contributed by atoms with Crippen LogP contribution in [0.5, 0.6) is 11.5 Å². The molecular weight excluding hydrogens is 1220 g/mol. The van der Waals surface area contributed by atoms with Crippen molar-refractivity contribution in [1.82, 2.24) is 0 Å². The van der Waals surface area contributed by atoms with Gasteiger partial charge < -0.3 is 18.9 Å². The SMILES string of the molecule is C1=CC=CC=1CCCCCCCCCCOc1ccc2cc(COCCc3cc(-c4cccs4)sc3-c3cccs3)ccc2c1-c1c(OCCCCCCCCCCC2=C=CC=C2)ccc2cc(COCCc3cc(-c4cccs4)sc3-c3cccs3)ccc12. The molecule has 0 saturated heterocycles. The highest BCUT2D eigenvalue weighted by Gasteiger charge is 2.22. The molecule has 10 heteroatoms. The molecule has 6 heterocycles. The lowest BCUT2D eigenvalue weighted by Crippen LogP contribution is -2.03. The zero-order valence-electron chi connectivity index (χ0n) is 51.8. The average Bonchev–Trinajstić information content (AvgIpc) is 1.23. The highest BCUT2D eigenvalue weighted by molar-refractivity contribution is 7.26. The Labute approximate surface area is 557 Å². The summed E-state index contributed by atoms with van der Waals surface area (Å²) in [5.74, 6) is 1.81. The van der Waals surface area contributed by atoms with Gasteiger partial charge in [-0.3, -0.25) is 0 Å². The number of thiophene rings is 6. The molecule has 2 aliphatic carbocycles. The fourth-order valence-electron chi connectivity index (χ4n) is 12.3. The van der Waals surface area contributed by atoms with Gasteiger partial charge in [-0.2, -0.15) is 0 Å². The minimum atomic E-state index is 0.536. The molecule has 6 aromatic heterocycles. The van der Waals surface area contributed by atoms with Crippen LogP contribution in [0.25, 0.3) is 71.7 Å². The molecule has 462 valence electrons. The van der Waals surface area contributed by atoms with Gasteiger partial charge in [-0.1, -0.05) is 162 Å². The maximum Gasteiger partial charge on any atom is 0.127 e. The van der Waals surface area contributed by atoms with Crippen LogP contribution in [0.1, 0.15) is 138 Å². The maximum atomic E-state index is 7.02. The Kier molecular flexibility index (Phi) is 24.0. The lowest BCUT2D eigenvalue weighted by molar-refractivity contribution is 0.124. The van der Waals surface area contributed by atoms with Crippen LogP contribution in [0.2, 0.25) is 0 Å². The normalized spacial score (nSPS) is 12.6. The maximum absolute atomic E-state index is 7.02. The van der Waals surface area contributed by atoms with Crippen molar-refractivity contribution >= 4 is 89.6 Å². The first-order chi connectivity index (χ1) is 44.7. The van der Waals surface area contributed by atoms with Crippen molar-refractivity contribution in [3.8, 4) is 61.6 Å². The summed E-state index contributed by atoms with van der Waals surface area (Å²) >= 11 is 11.0. The molecule has 90 heavy (non-hydrogen) atoms. The third-order valence-corrected chi connectivity index (χ3v) is 23.7. The van der Waals surface area contributed by atoms with Crippen LogP contribution < -0.4 is 9.47 Å². The Hall–Kier alpha value is -6.36. The zero-order chi connectivity index (χ0) is 60.8. The number of hydrogen-bond acceptors (Lipinski definition) is 10. The van der Waals surface area contributed by atoms with Crippen molar-refractivity contribution in [2.45, 2.75) is 142 Å². The summed E-state index contributed by atoms with van der Waals surface area (Å²) in [5.41, 5.74) is 16.6. The Morgan fingerprint density at radius 1 is 0.344 bits per heavy atom. The Morgan fingerprint density at radius 2 is 0.744 bits per heavy atom. The van der Waals surface area contributed by atoms with Gasteiger partial charge in [0.15, 0.2) is 0 Å². The quantitative estimate of drug-likeness (QED) is 0.0284. The monoisotopic (exact) mass is 1300 g/mol. The zero-order valence-corrected chi connectivity index (χ0v) is 56.7. The predicted molar refractivity (Wildman–Crippen MR) is 391 cm³/mol. The van der Waals surface area contributed by atoms with Crippen LogP contribution in [-0.2, 0) is 35.5 Å². The molecule has 0 bridgehead atoms. The highest BCUT2D eigenvalue weighted by atomic mass is 32.1. The van der Waals surface area contributed by atoms with Crippen LogP contribution in [0.15, 0.2) is 202 Å². The number of allylic oxidation sites excluding steroid dienone is 6. The number of fused-ring (bicyclic) bond motifs is 2. The Morgan fingerprint density at radius 3 is 1.13 bits per heavy atom. The van der Waals surface area contributed by atoms with E-state index >= 15 is 0 Å². The molecule has 0 amide bonds.